The number of pyridine rings is 1. The van der Waals surface area contributed by atoms with Crippen molar-refractivity contribution in [3.8, 4) is 21.8 Å². The molecule has 0 atom stereocenters. The fourth-order valence-electron chi connectivity index (χ4n) is 2.09. The maximum absolute atomic E-state index is 12.5. The van der Waals surface area contributed by atoms with Gasteiger partial charge in [0.1, 0.15) is 10.7 Å². The normalized spacial score (nSPS) is 11.5. The molecular formula is C18H19N3OS2. The van der Waals surface area contributed by atoms with Crippen LogP contribution < -0.4 is 0 Å². The highest BCUT2D eigenvalue weighted by atomic mass is 32.1. The van der Waals surface area contributed by atoms with Crippen LogP contribution in [0.5, 0.6) is 0 Å². The van der Waals surface area contributed by atoms with Crippen LogP contribution in [0.4, 0.5) is 0 Å². The topological polar surface area (TPSA) is 46.1 Å². The molecular weight excluding hydrogens is 338 g/mol. The summed E-state index contributed by atoms with van der Waals surface area (Å²) in [6.45, 7) is 6.01. The van der Waals surface area contributed by atoms with E-state index in [2.05, 4.69) is 21.4 Å². The van der Waals surface area contributed by atoms with E-state index in [0.29, 0.717) is 5.69 Å². The number of thiazole rings is 1. The summed E-state index contributed by atoms with van der Waals surface area (Å²) in [6, 6.07) is 6.06. The molecule has 0 aliphatic carbocycles. The summed E-state index contributed by atoms with van der Waals surface area (Å²) in [4.78, 5) is 23.2. The first-order chi connectivity index (χ1) is 11.4. The SMILES string of the molecule is CN(C(=O)c1csc(-c2ccc(-c3ccsc3)cn2)n1)C(C)(C)C. The van der Waals surface area contributed by atoms with Gasteiger partial charge in [-0.3, -0.25) is 9.78 Å². The Labute approximate surface area is 149 Å². The molecule has 0 saturated heterocycles. The first kappa shape index (κ1) is 16.8. The van der Waals surface area contributed by atoms with Gasteiger partial charge in [-0.25, -0.2) is 4.98 Å². The third-order valence-corrected chi connectivity index (χ3v) is 5.42. The molecule has 1 amide bonds. The Morgan fingerprint density at radius 2 is 1.92 bits per heavy atom. The summed E-state index contributed by atoms with van der Waals surface area (Å²) < 4.78 is 0. The van der Waals surface area contributed by atoms with E-state index >= 15 is 0 Å². The second-order valence-corrected chi connectivity index (χ2v) is 8.16. The Kier molecular flexibility index (Phi) is 4.51. The summed E-state index contributed by atoms with van der Waals surface area (Å²) >= 11 is 3.11. The van der Waals surface area contributed by atoms with E-state index in [9.17, 15) is 4.79 Å². The molecule has 0 radical (unpaired) electrons. The molecule has 0 saturated carbocycles. The Balaban J connectivity index is 1.82. The molecule has 0 aliphatic heterocycles. The number of carbonyl (C=O) groups is 1. The van der Waals surface area contributed by atoms with Crippen LogP contribution in [-0.2, 0) is 0 Å². The Hall–Kier alpha value is -2.05. The number of rotatable bonds is 3. The van der Waals surface area contributed by atoms with E-state index in [-0.39, 0.29) is 11.4 Å². The van der Waals surface area contributed by atoms with Crippen molar-refractivity contribution in [2.45, 2.75) is 26.3 Å². The molecule has 0 bridgehead atoms. The van der Waals surface area contributed by atoms with Crippen LogP contribution in [0.25, 0.3) is 21.8 Å². The highest BCUT2D eigenvalue weighted by Gasteiger charge is 2.25. The van der Waals surface area contributed by atoms with Crippen molar-refractivity contribution in [2.24, 2.45) is 0 Å². The van der Waals surface area contributed by atoms with Gasteiger partial charge >= 0.3 is 0 Å². The molecule has 3 rings (SSSR count). The molecule has 24 heavy (non-hydrogen) atoms. The minimum Gasteiger partial charge on any atom is -0.336 e. The van der Waals surface area contributed by atoms with Crippen molar-refractivity contribution in [1.82, 2.24) is 14.9 Å². The van der Waals surface area contributed by atoms with E-state index in [1.54, 1.807) is 28.7 Å². The molecule has 124 valence electrons. The van der Waals surface area contributed by atoms with Gasteiger partial charge in [-0.1, -0.05) is 6.07 Å². The van der Waals surface area contributed by atoms with Crippen LogP contribution >= 0.6 is 22.7 Å². The zero-order chi connectivity index (χ0) is 17.3. The maximum Gasteiger partial charge on any atom is 0.273 e. The fraction of sp³-hybridized carbons (Fsp3) is 0.278. The average molecular weight is 358 g/mol. The van der Waals surface area contributed by atoms with Gasteiger partial charge in [0.2, 0.25) is 0 Å². The third kappa shape index (κ3) is 3.39. The van der Waals surface area contributed by atoms with Crippen LogP contribution in [0.3, 0.4) is 0 Å². The highest BCUT2D eigenvalue weighted by Crippen LogP contribution is 2.27. The molecule has 0 aromatic carbocycles. The highest BCUT2D eigenvalue weighted by molar-refractivity contribution is 7.13. The average Bonchev–Trinajstić information content (AvgIpc) is 3.24. The van der Waals surface area contributed by atoms with Crippen molar-refractivity contribution >= 4 is 28.6 Å². The smallest absolute Gasteiger partial charge is 0.273 e. The van der Waals surface area contributed by atoms with E-state index in [1.165, 1.54) is 16.9 Å². The van der Waals surface area contributed by atoms with Crippen LogP contribution in [0.1, 0.15) is 31.3 Å². The Morgan fingerprint density at radius 3 is 2.50 bits per heavy atom. The lowest BCUT2D eigenvalue weighted by atomic mass is 10.1. The lowest BCUT2D eigenvalue weighted by molar-refractivity contribution is 0.0650. The van der Waals surface area contributed by atoms with Gasteiger partial charge in [-0.2, -0.15) is 11.3 Å². The quantitative estimate of drug-likeness (QED) is 0.676. The fourth-order valence-corrected chi connectivity index (χ4v) is 3.52. The van der Waals surface area contributed by atoms with Gasteiger partial charge in [0.05, 0.1) is 5.69 Å². The van der Waals surface area contributed by atoms with Crippen molar-refractivity contribution in [3.63, 3.8) is 0 Å². The Bertz CT molecular complexity index is 830. The first-order valence-corrected chi connectivity index (χ1v) is 9.41. The van der Waals surface area contributed by atoms with Crippen LogP contribution in [0.15, 0.2) is 40.5 Å². The zero-order valence-electron chi connectivity index (χ0n) is 14.1. The largest absolute Gasteiger partial charge is 0.336 e. The number of carbonyl (C=O) groups excluding carboxylic acids is 1. The number of aromatic nitrogens is 2. The summed E-state index contributed by atoms with van der Waals surface area (Å²) in [7, 11) is 1.80. The monoisotopic (exact) mass is 357 g/mol. The second kappa shape index (κ2) is 6.45. The maximum atomic E-state index is 12.5. The summed E-state index contributed by atoms with van der Waals surface area (Å²) in [5, 5.41) is 6.71. The predicted molar refractivity (Wildman–Crippen MR) is 101 cm³/mol. The van der Waals surface area contributed by atoms with E-state index in [4.69, 9.17) is 0 Å². The number of thiophene rings is 1. The van der Waals surface area contributed by atoms with Crippen molar-refractivity contribution in [1.29, 1.82) is 0 Å². The van der Waals surface area contributed by atoms with Crippen LogP contribution in [-0.4, -0.2) is 33.4 Å². The second-order valence-electron chi connectivity index (χ2n) is 6.52. The number of hydrogen-bond donors (Lipinski definition) is 0. The van der Waals surface area contributed by atoms with E-state index in [1.807, 2.05) is 44.5 Å². The zero-order valence-corrected chi connectivity index (χ0v) is 15.7. The summed E-state index contributed by atoms with van der Waals surface area (Å²) in [5.41, 5.74) is 3.27. The predicted octanol–water partition coefficient (Wildman–Crippen LogP) is 4.80. The van der Waals surface area contributed by atoms with Gasteiger partial charge in [-0.15, -0.1) is 11.3 Å². The minimum atomic E-state index is -0.235. The van der Waals surface area contributed by atoms with Gasteiger partial charge in [0, 0.05) is 29.7 Å². The molecule has 0 aliphatic rings. The lowest BCUT2D eigenvalue weighted by Gasteiger charge is -2.31. The lowest BCUT2D eigenvalue weighted by Crippen LogP contribution is -2.42. The van der Waals surface area contributed by atoms with Crippen LogP contribution in [0.2, 0.25) is 0 Å². The van der Waals surface area contributed by atoms with Crippen molar-refractivity contribution in [3.05, 3.63) is 46.2 Å². The molecule has 0 unspecified atom stereocenters. The molecule has 4 nitrogen and oxygen atoms in total. The van der Waals surface area contributed by atoms with E-state index in [0.717, 1.165) is 16.3 Å². The molecule has 3 aromatic rings. The van der Waals surface area contributed by atoms with E-state index < -0.39 is 0 Å². The van der Waals surface area contributed by atoms with Gasteiger partial charge in [-0.05, 0) is 49.2 Å². The van der Waals surface area contributed by atoms with Gasteiger partial charge < -0.3 is 4.90 Å². The van der Waals surface area contributed by atoms with Gasteiger partial charge in [0.15, 0.2) is 0 Å². The van der Waals surface area contributed by atoms with Gasteiger partial charge in [0.25, 0.3) is 5.91 Å². The minimum absolute atomic E-state index is 0.0695. The Morgan fingerprint density at radius 1 is 1.12 bits per heavy atom. The number of amides is 1. The third-order valence-electron chi connectivity index (χ3n) is 3.87. The number of hydrogen-bond acceptors (Lipinski definition) is 5. The molecule has 0 N–H and O–H groups in total. The first-order valence-electron chi connectivity index (χ1n) is 7.59. The molecule has 3 heterocycles. The van der Waals surface area contributed by atoms with Crippen LogP contribution in [0, 0.1) is 0 Å². The summed E-state index contributed by atoms with van der Waals surface area (Å²) in [6.07, 6.45) is 1.85. The van der Waals surface area contributed by atoms with Crippen molar-refractivity contribution in [2.75, 3.05) is 7.05 Å². The molecule has 0 spiro atoms. The summed E-state index contributed by atoms with van der Waals surface area (Å²) in [5.74, 6) is -0.0695. The van der Waals surface area contributed by atoms with Crippen molar-refractivity contribution < 1.29 is 4.79 Å². The number of nitrogens with zero attached hydrogens (tertiary/aromatic N) is 3. The standard InChI is InChI=1S/C18H19N3OS2/c1-18(2,3)21(4)17(22)15-11-24-16(20-15)14-6-5-12(9-19-14)13-7-8-23-10-13/h5-11H,1-4H3. The molecule has 0 fully saturated rings. The molecule has 3 aromatic heterocycles. The molecule has 6 heteroatoms.